The van der Waals surface area contributed by atoms with Crippen molar-refractivity contribution in [2.45, 2.75) is 69.0 Å². The number of imide groups is 1. The van der Waals surface area contributed by atoms with Gasteiger partial charge in [0.1, 0.15) is 6.33 Å². The lowest BCUT2D eigenvalue weighted by Gasteiger charge is -2.41. The summed E-state index contributed by atoms with van der Waals surface area (Å²) < 4.78 is 0.985. The van der Waals surface area contributed by atoms with Crippen LogP contribution >= 0.6 is 35.3 Å². The van der Waals surface area contributed by atoms with Gasteiger partial charge in [-0.25, -0.2) is 9.97 Å². The molecule has 3 atom stereocenters. The molecule has 0 radical (unpaired) electrons. The molecular formula is C28H29Cl2N5O2S. The molecule has 2 aromatic heterocycles. The van der Waals surface area contributed by atoms with E-state index in [2.05, 4.69) is 27.3 Å². The number of nitrogens with zero attached hydrogens (tertiary/aromatic N) is 4. The van der Waals surface area contributed by atoms with Crippen molar-refractivity contribution in [3.63, 3.8) is 0 Å². The maximum atomic E-state index is 12.2. The topological polar surface area (TPSA) is 78.4 Å². The lowest BCUT2D eigenvalue weighted by Crippen LogP contribution is -2.46. The molecular weight excluding hydrogens is 541 g/mol. The molecule has 198 valence electrons. The lowest BCUT2D eigenvalue weighted by molar-refractivity contribution is -0.138. The van der Waals surface area contributed by atoms with E-state index in [-0.39, 0.29) is 24.2 Å². The highest BCUT2D eigenvalue weighted by Gasteiger charge is 2.51. The molecule has 2 saturated heterocycles. The fraction of sp³-hybridized carbons (Fsp3) is 0.500. The highest BCUT2D eigenvalue weighted by Crippen LogP contribution is 2.59. The molecule has 1 spiro atoms. The Morgan fingerprint density at radius 1 is 1.13 bits per heavy atom. The molecule has 1 N–H and O–H groups in total. The van der Waals surface area contributed by atoms with E-state index in [0.717, 1.165) is 44.5 Å². The molecule has 4 fully saturated rings. The Balaban J connectivity index is 0.00000242. The van der Waals surface area contributed by atoms with Crippen LogP contribution < -0.4 is 10.2 Å². The van der Waals surface area contributed by atoms with Crippen LogP contribution in [0.15, 0.2) is 24.5 Å². The van der Waals surface area contributed by atoms with E-state index in [1.54, 1.807) is 17.7 Å². The summed E-state index contributed by atoms with van der Waals surface area (Å²) in [6, 6.07) is 6.73. The van der Waals surface area contributed by atoms with Gasteiger partial charge in [-0.2, -0.15) is 0 Å². The van der Waals surface area contributed by atoms with Gasteiger partial charge in [0.25, 0.3) is 0 Å². The van der Waals surface area contributed by atoms with E-state index in [1.807, 2.05) is 6.07 Å². The quantitative estimate of drug-likeness (QED) is 0.430. The Morgan fingerprint density at radius 3 is 2.68 bits per heavy atom. The predicted molar refractivity (Wildman–Crippen MR) is 151 cm³/mol. The van der Waals surface area contributed by atoms with Crippen LogP contribution in [-0.2, 0) is 16.1 Å². The van der Waals surface area contributed by atoms with Gasteiger partial charge in [-0.05, 0) is 67.7 Å². The maximum absolute atomic E-state index is 12.2. The van der Waals surface area contributed by atoms with Crippen molar-refractivity contribution >= 4 is 63.1 Å². The van der Waals surface area contributed by atoms with Crippen molar-refractivity contribution in [3.05, 3.63) is 40.0 Å². The first-order chi connectivity index (χ1) is 18.0. The summed E-state index contributed by atoms with van der Waals surface area (Å²) in [5.41, 5.74) is 5.83. The van der Waals surface area contributed by atoms with Crippen LogP contribution in [0.4, 0.5) is 5.69 Å². The average molecular weight is 571 g/mol. The summed E-state index contributed by atoms with van der Waals surface area (Å²) in [6.45, 7) is 2.43. The van der Waals surface area contributed by atoms with E-state index < -0.39 is 0 Å². The van der Waals surface area contributed by atoms with E-state index in [0.29, 0.717) is 42.8 Å². The van der Waals surface area contributed by atoms with Gasteiger partial charge in [-0.1, -0.05) is 11.6 Å². The summed E-state index contributed by atoms with van der Waals surface area (Å²) in [6.07, 6.45) is 8.57. The second-order valence-electron chi connectivity index (χ2n) is 11.5. The van der Waals surface area contributed by atoms with Crippen molar-refractivity contribution < 1.29 is 9.59 Å². The molecule has 3 aromatic rings. The molecule has 38 heavy (non-hydrogen) atoms. The summed E-state index contributed by atoms with van der Waals surface area (Å²) in [4.78, 5) is 38.8. The normalized spacial score (nSPS) is 26.9. The van der Waals surface area contributed by atoms with Gasteiger partial charge in [0.05, 0.1) is 28.1 Å². The van der Waals surface area contributed by atoms with Gasteiger partial charge in [-0.15, -0.1) is 23.7 Å². The molecule has 0 unspecified atom stereocenters. The number of aromatic nitrogens is 2. The minimum absolute atomic E-state index is 0. The van der Waals surface area contributed by atoms with Gasteiger partial charge >= 0.3 is 0 Å². The Hall–Kier alpha value is -2.26. The zero-order chi connectivity index (χ0) is 24.9. The van der Waals surface area contributed by atoms with E-state index >= 15 is 0 Å². The van der Waals surface area contributed by atoms with Crippen LogP contribution in [-0.4, -0.2) is 51.4 Å². The van der Waals surface area contributed by atoms with Gasteiger partial charge in [-0.3, -0.25) is 14.5 Å². The van der Waals surface area contributed by atoms with E-state index in [9.17, 15) is 9.59 Å². The number of rotatable bonds is 4. The Kier molecular flexibility index (Phi) is 5.78. The molecule has 5 aliphatic rings. The third-order valence-corrected chi connectivity index (χ3v) is 10.7. The number of benzene rings is 1. The van der Waals surface area contributed by atoms with Gasteiger partial charge in [0, 0.05) is 53.0 Å². The van der Waals surface area contributed by atoms with Crippen LogP contribution in [0.25, 0.3) is 21.5 Å². The molecule has 1 aromatic carbocycles. The fourth-order valence-electron chi connectivity index (χ4n) is 7.17. The number of amides is 2. The SMILES string of the molecule is Cl.O=C1CCC(=O)N1Cc1cc2ncnc(-c3cc(Cl)cc4c3N([C@H]3CNC5(CCC5)C3)C[C@H]3C[C@@H]43)c2s1. The first kappa shape index (κ1) is 24.8. The number of halogens is 2. The number of fused-ring (bicyclic) bond motifs is 4. The third kappa shape index (κ3) is 3.79. The highest BCUT2D eigenvalue weighted by atomic mass is 35.5. The van der Waals surface area contributed by atoms with Crippen LogP contribution in [0.3, 0.4) is 0 Å². The smallest absolute Gasteiger partial charge is 0.230 e. The fourth-order valence-corrected chi connectivity index (χ4v) is 8.50. The minimum atomic E-state index is -0.0956. The third-order valence-electron chi connectivity index (χ3n) is 9.32. The molecule has 5 heterocycles. The van der Waals surface area contributed by atoms with Crippen molar-refractivity contribution in [3.8, 4) is 11.3 Å². The van der Waals surface area contributed by atoms with Crippen molar-refractivity contribution in [1.29, 1.82) is 0 Å². The Labute approximate surface area is 236 Å². The van der Waals surface area contributed by atoms with Crippen molar-refractivity contribution in [2.75, 3.05) is 18.0 Å². The van der Waals surface area contributed by atoms with E-state index in [4.69, 9.17) is 16.6 Å². The predicted octanol–water partition coefficient (Wildman–Crippen LogP) is 5.29. The van der Waals surface area contributed by atoms with Crippen LogP contribution in [0.1, 0.15) is 61.3 Å². The molecule has 0 bridgehead atoms. The standard InChI is InChI=1S/C28H28ClN5O2S.ClH/c29-16-7-20-19-6-15(19)12-33(17-10-28(32-11-17)4-1-5-28)26(20)21(8-16)25-27-22(30-14-31-25)9-18(37-27)13-34-23(35)2-3-24(34)36;/h7-9,14-15,17,19,32H,1-6,10-13H2;1H/t15-,17-,19-;/m1./s1. The largest absolute Gasteiger partial charge is 0.366 e. The zero-order valence-corrected chi connectivity index (χ0v) is 23.3. The number of carbonyl (C=O) groups is 2. The Morgan fingerprint density at radius 2 is 1.95 bits per heavy atom. The highest BCUT2D eigenvalue weighted by molar-refractivity contribution is 7.19. The molecule has 7 nitrogen and oxygen atoms in total. The van der Waals surface area contributed by atoms with Gasteiger partial charge in [0.2, 0.25) is 11.8 Å². The summed E-state index contributed by atoms with van der Waals surface area (Å²) >= 11 is 8.33. The second-order valence-corrected chi connectivity index (χ2v) is 13.1. The summed E-state index contributed by atoms with van der Waals surface area (Å²) in [5, 5.41) is 4.62. The first-order valence-corrected chi connectivity index (χ1v) is 14.6. The van der Waals surface area contributed by atoms with Crippen LogP contribution in [0, 0.1) is 5.92 Å². The van der Waals surface area contributed by atoms with Gasteiger partial charge in [0.15, 0.2) is 0 Å². The summed E-state index contributed by atoms with van der Waals surface area (Å²) in [5.74, 6) is 1.11. The van der Waals surface area contributed by atoms with Crippen LogP contribution in [0.2, 0.25) is 5.02 Å². The van der Waals surface area contributed by atoms with Gasteiger partial charge < -0.3 is 10.2 Å². The number of anilines is 1. The lowest BCUT2D eigenvalue weighted by atomic mass is 9.75. The van der Waals surface area contributed by atoms with Crippen LogP contribution in [0.5, 0.6) is 0 Å². The van der Waals surface area contributed by atoms with Crippen molar-refractivity contribution in [1.82, 2.24) is 20.2 Å². The number of nitrogens with one attached hydrogen (secondary N) is 1. The second kappa shape index (κ2) is 8.88. The first-order valence-electron chi connectivity index (χ1n) is 13.4. The Bertz CT molecular complexity index is 1470. The number of hydrogen-bond donors (Lipinski definition) is 1. The average Bonchev–Trinajstić information content (AvgIpc) is 3.18. The van der Waals surface area contributed by atoms with Crippen molar-refractivity contribution in [2.24, 2.45) is 5.92 Å². The number of likely N-dealkylation sites (tertiary alicyclic amines) is 1. The number of carbonyl (C=O) groups excluding carboxylic acids is 2. The molecule has 2 aliphatic carbocycles. The zero-order valence-electron chi connectivity index (χ0n) is 20.9. The number of thiophene rings is 1. The molecule has 10 heteroatoms. The molecule has 8 rings (SSSR count). The molecule has 3 aliphatic heterocycles. The maximum Gasteiger partial charge on any atom is 0.230 e. The molecule has 2 saturated carbocycles. The summed E-state index contributed by atoms with van der Waals surface area (Å²) in [7, 11) is 0. The number of hydrogen-bond acceptors (Lipinski definition) is 7. The minimum Gasteiger partial charge on any atom is -0.366 e. The molecule has 2 amide bonds. The monoisotopic (exact) mass is 569 g/mol. The van der Waals surface area contributed by atoms with E-state index in [1.165, 1.54) is 48.3 Å².